The third kappa shape index (κ3) is 6.06. The standard InChI is InChI=1S/C42H50O11/c1-26(43)40(46)20-21-42(48)39(40,3)34(53-36(45)14-12-27-10-8-7-9-11-27)25-33-38(2)18-17-30(24-29(38)16-19-41(33,42)47)52-35(44)15-13-28-22-31(49-4)37(51-6)32(23-28)50-5/h7-16,22-23,30,33-34,46-48H,17-21,24-25H2,1-6H3/b14-12+,15-13+/t30-,33+,34+,38-,39+,40+,41-,42+/m0/s1. The Morgan fingerprint density at radius 1 is 0.811 bits per heavy atom. The second-order valence-corrected chi connectivity index (χ2v) is 15.3. The molecule has 3 fully saturated rings. The zero-order chi connectivity index (χ0) is 38.4. The smallest absolute Gasteiger partial charge is 0.331 e. The van der Waals surface area contributed by atoms with Gasteiger partial charge in [-0.15, -0.1) is 0 Å². The third-order valence-corrected chi connectivity index (χ3v) is 13.0. The van der Waals surface area contributed by atoms with Gasteiger partial charge in [-0.3, -0.25) is 4.79 Å². The van der Waals surface area contributed by atoms with Gasteiger partial charge in [-0.05, 0) is 93.2 Å². The average Bonchev–Trinajstić information content (AvgIpc) is 3.38. The molecular formula is C42H50O11. The van der Waals surface area contributed by atoms with E-state index >= 15 is 0 Å². The molecule has 284 valence electrons. The van der Waals surface area contributed by atoms with Crippen molar-refractivity contribution in [2.24, 2.45) is 16.7 Å². The van der Waals surface area contributed by atoms with E-state index in [9.17, 15) is 29.7 Å². The topological polar surface area (TPSA) is 158 Å². The first-order valence-corrected chi connectivity index (χ1v) is 18.1. The van der Waals surface area contributed by atoms with Crippen LogP contribution in [-0.4, -0.2) is 83.4 Å². The number of esters is 2. The molecule has 0 bridgehead atoms. The van der Waals surface area contributed by atoms with Gasteiger partial charge < -0.3 is 39.0 Å². The number of hydrogen-bond donors (Lipinski definition) is 3. The fourth-order valence-electron chi connectivity index (χ4n) is 9.93. The molecule has 11 nitrogen and oxygen atoms in total. The summed E-state index contributed by atoms with van der Waals surface area (Å²) >= 11 is 0. The van der Waals surface area contributed by atoms with Crippen LogP contribution in [0.3, 0.4) is 0 Å². The fraction of sp³-hybridized carbons (Fsp3) is 0.500. The number of methoxy groups -OCH3 is 3. The van der Waals surface area contributed by atoms with Crippen molar-refractivity contribution in [1.29, 1.82) is 0 Å². The molecule has 0 unspecified atom stereocenters. The third-order valence-electron chi connectivity index (χ3n) is 13.0. The van der Waals surface area contributed by atoms with Crippen LogP contribution in [0.4, 0.5) is 0 Å². The summed E-state index contributed by atoms with van der Waals surface area (Å²) in [5, 5.41) is 37.4. The molecule has 8 atom stereocenters. The van der Waals surface area contributed by atoms with Crippen LogP contribution in [0.15, 0.2) is 66.3 Å². The van der Waals surface area contributed by atoms with Crippen LogP contribution in [0, 0.1) is 16.7 Å². The van der Waals surface area contributed by atoms with Gasteiger partial charge in [-0.1, -0.05) is 48.9 Å². The molecule has 0 amide bonds. The van der Waals surface area contributed by atoms with Gasteiger partial charge in [0.05, 0.1) is 26.7 Å². The number of hydrogen-bond acceptors (Lipinski definition) is 11. The summed E-state index contributed by atoms with van der Waals surface area (Å²) in [4.78, 5) is 39.6. The van der Waals surface area contributed by atoms with Crippen molar-refractivity contribution in [3.8, 4) is 17.2 Å². The highest BCUT2D eigenvalue weighted by Crippen LogP contribution is 2.71. The molecule has 3 saturated carbocycles. The van der Waals surface area contributed by atoms with E-state index in [0.29, 0.717) is 42.1 Å². The highest BCUT2D eigenvalue weighted by atomic mass is 16.6. The lowest BCUT2D eigenvalue weighted by Crippen LogP contribution is -2.78. The number of Topliss-reactive ketones (excluding diaryl/α,β-unsaturated/α-hetero) is 1. The highest BCUT2D eigenvalue weighted by molar-refractivity contribution is 5.89. The van der Waals surface area contributed by atoms with E-state index in [2.05, 4.69) is 0 Å². The Hall–Kier alpha value is -4.45. The van der Waals surface area contributed by atoms with Crippen LogP contribution in [0.1, 0.15) is 76.8 Å². The van der Waals surface area contributed by atoms with Crippen molar-refractivity contribution in [3.63, 3.8) is 0 Å². The first kappa shape index (κ1) is 38.3. The van der Waals surface area contributed by atoms with Gasteiger partial charge in [0, 0.05) is 24.5 Å². The quantitative estimate of drug-likeness (QED) is 0.164. The Balaban J connectivity index is 1.25. The maximum Gasteiger partial charge on any atom is 0.331 e. The molecule has 0 heterocycles. The largest absolute Gasteiger partial charge is 0.493 e. The van der Waals surface area contributed by atoms with Crippen LogP contribution >= 0.6 is 0 Å². The zero-order valence-corrected chi connectivity index (χ0v) is 31.2. The Morgan fingerprint density at radius 2 is 1.43 bits per heavy atom. The molecule has 0 radical (unpaired) electrons. The number of benzene rings is 2. The van der Waals surface area contributed by atoms with Gasteiger partial charge in [0.2, 0.25) is 5.75 Å². The van der Waals surface area contributed by atoms with Gasteiger partial charge in [-0.25, -0.2) is 9.59 Å². The monoisotopic (exact) mass is 730 g/mol. The number of ketones is 1. The SMILES string of the molecule is COc1cc(/C=C/C(=O)O[C@H]2CC[C@@]3(C)C(=CC[C@]4(O)[C@@H]3C[C@@H](OC(=O)/C=C/c3ccccc3)[C@@]3(C)[C@]4(O)CC[C@@]3(O)C(C)=O)C2)cc(OC)c1OC. The lowest BCUT2D eigenvalue weighted by molar-refractivity contribution is -0.314. The van der Waals surface area contributed by atoms with Gasteiger partial charge in [0.15, 0.2) is 17.3 Å². The van der Waals surface area contributed by atoms with E-state index in [-0.39, 0.29) is 25.7 Å². The zero-order valence-electron chi connectivity index (χ0n) is 31.2. The normalized spacial score (nSPS) is 34.7. The lowest BCUT2D eigenvalue weighted by Gasteiger charge is -2.67. The minimum atomic E-state index is -2.04. The van der Waals surface area contributed by atoms with E-state index in [0.717, 1.165) is 11.1 Å². The molecule has 0 aliphatic heterocycles. The molecule has 11 heteroatoms. The summed E-state index contributed by atoms with van der Waals surface area (Å²) in [6.07, 6.45) is 7.69. The molecule has 3 N–H and O–H groups in total. The van der Waals surface area contributed by atoms with Crippen LogP contribution in [-0.2, 0) is 23.9 Å². The van der Waals surface area contributed by atoms with Crippen molar-refractivity contribution in [1.82, 2.24) is 0 Å². The van der Waals surface area contributed by atoms with Crippen molar-refractivity contribution < 1.29 is 53.4 Å². The summed E-state index contributed by atoms with van der Waals surface area (Å²) in [5.74, 6) is -1.02. The summed E-state index contributed by atoms with van der Waals surface area (Å²) in [6, 6.07) is 12.7. The first-order valence-electron chi connectivity index (χ1n) is 18.1. The van der Waals surface area contributed by atoms with Crippen LogP contribution in [0.25, 0.3) is 12.2 Å². The molecule has 0 spiro atoms. The second-order valence-electron chi connectivity index (χ2n) is 15.3. The Kier molecular flexibility index (Phi) is 10.2. The van der Waals surface area contributed by atoms with E-state index in [1.54, 1.807) is 31.2 Å². The summed E-state index contributed by atoms with van der Waals surface area (Å²) < 4.78 is 28.2. The van der Waals surface area contributed by atoms with Crippen molar-refractivity contribution in [2.75, 3.05) is 21.3 Å². The molecule has 4 aliphatic carbocycles. The van der Waals surface area contributed by atoms with Gasteiger partial charge in [0.1, 0.15) is 29.0 Å². The molecule has 0 aromatic heterocycles. The number of aliphatic hydroxyl groups is 3. The minimum absolute atomic E-state index is 0.0545. The number of carbonyl (C=O) groups is 3. The first-order chi connectivity index (χ1) is 25.1. The predicted molar refractivity (Wildman–Crippen MR) is 196 cm³/mol. The number of carbonyl (C=O) groups excluding carboxylic acids is 3. The maximum atomic E-state index is 13.4. The van der Waals surface area contributed by atoms with Gasteiger partial charge >= 0.3 is 11.9 Å². The maximum absolute atomic E-state index is 13.4. The van der Waals surface area contributed by atoms with Gasteiger partial charge in [0.25, 0.3) is 0 Å². The van der Waals surface area contributed by atoms with Crippen LogP contribution in [0.2, 0.25) is 0 Å². The van der Waals surface area contributed by atoms with Crippen molar-refractivity contribution in [2.45, 2.75) is 94.7 Å². The molecule has 53 heavy (non-hydrogen) atoms. The number of fused-ring (bicyclic) bond motifs is 5. The molecule has 0 saturated heterocycles. The second kappa shape index (κ2) is 14.1. The lowest BCUT2D eigenvalue weighted by atomic mass is 9.42. The predicted octanol–water partition coefficient (Wildman–Crippen LogP) is 5.39. The van der Waals surface area contributed by atoms with Crippen LogP contribution < -0.4 is 14.2 Å². The van der Waals surface area contributed by atoms with Gasteiger partial charge in [-0.2, -0.15) is 0 Å². The average molecular weight is 731 g/mol. The fourth-order valence-corrected chi connectivity index (χ4v) is 9.93. The van der Waals surface area contributed by atoms with Crippen molar-refractivity contribution in [3.05, 3.63) is 77.4 Å². The van der Waals surface area contributed by atoms with Crippen molar-refractivity contribution >= 4 is 29.9 Å². The number of ether oxygens (including phenoxy) is 5. The van der Waals surface area contributed by atoms with E-state index in [1.807, 2.05) is 43.3 Å². The molecule has 6 rings (SSSR count). The van der Waals surface area contributed by atoms with E-state index in [4.69, 9.17) is 23.7 Å². The molecule has 4 aliphatic rings. The van der Waals surface area contributed by atoms with E-state index < -0.39 is 63.5 Å². The Labute approximate surface area is 310 Å². The molecule has 2 aromatic carbocycles. The number of rotatable bonds is 10. The molecular weight excluding hydrogens is 680 g/mol. The Bertz CT molecular complexity index is 1820. The Morgan fingerprint density at radius 3 is 2.04 bits per heavy atom. The summed E-state index contributed by atoms with van der Waals surface area (Å²) in [6.45, 7) is 4.87. The minimum Gasteiger partial charge on any atom is -0.493 e. The van der Waals surface area contributed by atoms with E-state index in [1.165, 1.54) is 40.4 Å². The molecule has 2 aromatic rings. The van der Waals surface area contributed by atoms with Crippen LogP contribution in [0.5, 0.6) is 17.2 Å². The highest BCUT2D eigenvalue weighted by Gasteiger charge is 2.81. The summed E-state index contributed by atoms with van der Waals surface area (Å²) in [7, 11) is 4.54. The summed E-state index contributed by atoms with van der Waals surface area (Å²) in [5.41, 5.74) is -5.70.